The highest BCUT2D eigenvalue weighted by molar-refractivity contribution is 5.76. The third kappa shape index (κ3) is 4.21. The monoisotopic (exact) mass is 331 g/mol. The van der Waals surface area contributed by atoms with Gasteiger partial charge in [-0.15, -0.1) is 0 Å². The van der Waals surface area contributed by atoms with Crippen molar-refractivity contribution in [1.82, 2.24) is 25.2 Å². The fraction of sp³-hybridized carbons (Fsp3) is 0.647. The van der Waals surface area contributed by atoms with E-state index in [1.165, 1.54) is 0 Å². The number of aromatic amines is 1. The normalized spacial score (nSPS) is 18.0. The summed E-state index contributed by atoms with van der Waals surface area (Å²) >= 11 is 0. The third-order valence-corrected chi connectivity index (χ3v) is 4.50. The van der Waals surface area contributed by atoms with E-state index in [-0.39, 0.29) is 5.91 Å². The first kappa shape index (κ1) is 16.7. The predicted octanol–water partition coefficient (Wildman–Crippen LogP) is 2.47. The van der Waals surface area contributed by atoms with Crippen LogP contribution in [0.25, 0.3) is 0 Å². The second-order valence-corrected chi connectivity index (χ2v) is 6.40. The van der Waals surface area contributed by atoms with Gasteiger partial charge in [0.15, 0.2) is 5.82 Å². The lowest BCUT2D eigenvalue weighted by Crippen LogP contribution is -2.39. The number of carbonyl (C=O) groups excluding carboxylic acids is 1. The first-order chi connectivity index (χ1) is 11.8. The summed E-state index contributed by atoms with van der Waals surface area (Å²) in [4.78, 5) is 18.8. The molecule has 2 aromatic rings. The number of aryl methyl sites for hydroxylation is 2. The third-order valence-electron chi connectivity index (χ3n) is 4.50. The van der Waals surface area contributed by atoms with Crippen molar-refractivity contribution in [2.45, 2.75) is 57.8 Å². The summed E-state index contributed by atoms with van der Waals surface area (Å²) in [7, 11) is 0. The minimum atomic E-state index is 0.215. The van der Waals surface area contributed by atoms with E-state index in [0.29, 0.717) is 24.7 Å². The molecule has 1 aliphatic heterocycles. The number of rotatable bonds is 7. The Morgan fingerprint density at radius 2 is 2.38 bits per heavy atom. The van der Waals surface area contributed by atoms with Crippen LogP contribution in [-0.2, 0) is 17.6 Å². The minimum absolute atomic E-state index is 0.215. The lowest BCUT2D eigenvalue weighted by Gasteiger charge is -2.32. The zero-order valence-corrected chi connectivity index (χ0v) is 14.2. The number of amides is 1. The van der Waals surface area contributed by atoms with Gasteiger partial charge in [0.25, 0.3) is 0 Å². The van der Waals surface area contributed by atoms with Gasteiger partial charge in [-0.05, 0) is 31.7 Å². The second-order valence-electron chi connectivity index (χ2n) is 6.40. The highest BCUT2D eigenvalue weighted by Crippen LogP contribution is 2.25. The predicted molar refractivity (Wildman–Crippen MR) is 88.4 cm³/mol. The smallest absolute Gasteiger partial charge is 0.226 e. The lowest BCUT2D eigenvalue weighted by molar-refractivity contribution is -0.132. The van der Waals surface area contributed by atoms with Gasteiger partial charge >= 0.3 is 0 Å². The Hall–Kier alpha value is -2.18. The molecule has 3 heterocycles. The van der Waals surface area contributed by atoms with Gasteiger partial charge in [0.05, 0.1) is 0 Å². The summed E-state index contributed by atoms with van der Waals surface area (Å²) in [6, 6.07) is 2.00. The van der Waals surface area contributed by atoms with Crippen molar-refractivity contribution in [2.75, 3.05) is 13.1 Å². The summed E-state index contributed by atoms with van der Waals surface area (Å²) in [6.45, 7) is 3.72. The van der Waals surface area contributed by atoms with Crippen molar-refractivity contribution in [3.63, 3.8) is 0 Å². The Morgan fingerprint density at radius 3 is 3.17 bits per heavy atom. The van der Waals surface area contributed by atoms with Crippen LogP contribution in [0.2, 0.25) is 0 Å². The Labute approximate surface area is 141 Å². The summed E-state index contributed by atoms with van der Waals surface area (Å²) in [5, 5.41) is 11.0. The van der Waals surface area contributed by atoms with Gasteiger partial charge in [-0.2, -0.15) is 10.1 Å². The zero-order chi connectivity index (χ0) is 16.8. The maximum absolute atomic E-state index is 12.4. The Morgan fingerprint density at radius 1 is 1.46 bits per heavy atom. The van der Waals surface area contributed by atoms with Crippen LogP contribution in [0.3, 0.4) is 0 Å². The van der Waals surface area contributed by atoms with Crippen molar-refractivity contribution in [1.29, 1.82) is 0 Å². The minimum Gasteiger partial charge on any atom is -0.342 e. The Balaban J connectivity index is 1.44. The van der Waals surface area contributed by atoms with Crippen LogP contribution in [0.4, 0.5) is 0 Å². The molecule has 1 N–H and O–H groups in total. The summed E-state index contributed by atoms with van der Waals surface area (Å²) in [6.07, 6.45) is 7.70. The molecule has 0 saturated carbocycles. The molecule has 130 valence electrons. The highest BCUT2D eigenvalue weighted by atomic mass is 16.5. The molecule has 3 rings (SSSR count). The number of likely N-dealkylation sites (tertiary alicyclic amines) is 1. The quantitative estimate of drug-likeness (QED) is 0.842. The average Bonchev–Trinajstić information content (AvgIpc) is 3.27. The second kappa shape index (κ2) is 8.08. The van der Waals surface area contributed by atoms with E-state index in [0.717, 1.165) is 56.7 Å². The fourth-order valence-corrected chi connectivity index (χ4v) is 3.22. The van der Waals surface area contributed by atoms with Crippen LogP contribution in [0.15, 0.2) is 16.8 Å². The average molecular weight is 331 g/mol. The van der Waals surface area contributed by atoms with Crippen molar-refractivity contribution in [2.24, 2.45) is 0 Å². The first-order valence-corrected chi connectivity index (χ1v) is 8.84. The SMILES string of the molecule is CCCc1noc(CCCC(=O)N2CCCC(c3ccn[nH]3)C2)n1. The van der Waals surface area contributed by atoms with E-state index in [1.807, 2.05) is 11.0 Å². The van der Waals surface area contributed by atoms with Gasteiger partial charge in [0, 0.05) is 50.2 Å². The van der Waals surface area contributed by atoms with E-state index < -0.39 is 0 Å². The number of nitrogens with one attached hydrogen (secondary N) is 1. The summed E-state index contributed by atoms with van der Waals surface area (Å²) < 4.78 is 5.21. The van der Waals surface area contributed by atoms with Crippen molar-refractivity contribution in [3.8, 4) is 0 Å². The summed E-state index contributed by atoms with van der Waals surface area (Å²) in [5.41, 5.74) is 1.13. The number of aromatic nitrogens is 4. The van der Waals surface area contributed by atoms with Crippen LogP contribution < -0.4 is 0 Å². The largest absolute Gasteiger partial charge is 0.342 e. The molecule has 1 atom stereocenters. The first-order valence-electron chi connectivity index (χ1n) is 8.84. The Bertz CT molecular complexity index is 637. The maximum Gasteiger partial charge on any atom is 0.226 e. The lowest BCUT2D eigenvalue weighted by atomic mass is 9.94. The molecule has 1 unspecified atom stereocenters. The van der Waals surface area contributed by atoms with Crippen molar-refractivity contribution in [3.05, 3.63) is 29.7 Å². The van der Waals surface area contributed by atoms with E-state index in [4.69, 9.17) is 4.52 Å². The molecular weight excluding hydrogens is 306 g/mol. The van der Waals surface area contributed by atoms with Gasteiger partial charge in [-0.1, -0.05) is 12.1 Å². The summed E-state index contributed by atoms with van der Waals surface area (Å²) in [5.74, 6) is 1.99. The molecule has 7 nitrogen and oxygen atoms in total. The topological polar surface area (TPSA) is 87.9 Å². The number of hydrogen-bond donors (Lipinski definition) is 1. The van der Waals surface area contributed by atoms with Crippen LogP contribution in [0.1, 0.15) is 62.4 Å². The van der Waals surface area contributed by atoms with Crippen molar-refractivity contribution >= 4 is 5.91 Å². The fourth-order valence-electron chi connectivity index (χ4n) is 3.22. The van der Waals surface area contributed by atoms with Gasteiger partial charge in [0.1, 0.15) is 0 Å². The van der Waals surface area contributed by atoms with Gasteiger partial charge in [-0.3, -0.25) is 9.89 Å². The van der Waals surface area contributed by atoms with E-state index >= 15 is 0 Å². The number of piperidine rings is 1. The van der Waals surface area contributed by atoms with Gasteiger partial charge in [0.2, 0.25) is 11.8 Å². The van der Waals surface area contributed by atoms with Crippen molar-refractivity contribution < 1.29 is 9.32 Å². The molecule has 0 aliphatic carbocycles. The molecule has 2 aromatic heterocycles. The molecule has 7 heteroatoms. The molecule has 1 fully saturated rings. The molecule has 0 aromatic carbocycles. The van der Waals surface area contributed by atoms with Crippen LogP contribution >= 0.6 is 0 Å². The number of hydrogen-bond acceptors (Lipinski definition) is 5. The van der Waals surface area contributed by atoms with E-state index in [1.54, 1.807) is 6.20 Å². The number of nitrogens with zero attached hydrogens (tertiary/aromatic N) is 4. The number of carbonyl (C=O) groups is 1. The molecular formula is C17H25N5O2. The zero-order valence-electron chi connectivity index (χ0n) is 14.2. The number of H-pyrrole nitrogens is 1. The molecule has 0 spiro atoms. The molecule has 24 heavy (non-hydrogen) atoms. The molecule has 1 aliphatic rings. The van der Waals surface area contributed by atoms with Gasteiger partial charge in [-0.25, -0.2) is 0 Å². The highest BCUT2D eigenvalue weighted by Gasteiger charge is 2.25. The van der Waals surface area contributed by atoms with Crippen LogP contribution in [-0.4, -0.2) is 44.2 Å². The van der Waals surface area contributed by atoms with E-state index in [2.05, 4.69) is 27.3 Å². The molecule has 1 saturated heterocycles. The van der Waals surface area contributed by atoms with Gasteiger partial charge < -0.3 is 9.42 Å². The maximum atomic E-state index is 12.4. The van der Waals surface area contributed by atoms with Crippen LogP contribution in [0.5, 0.6) is 0 Å². The van der Waals surface area contributed by atoms with Crippen LogP contribution in [0, 0.1) is 0 Å². The Kier molecular flexibility index (Phi) is 5.61. The van der Waals surface area contributed by atoms with E-state index in [9.17, 15) is 4.79 Å². The molecule has 0 radical (unpaired) electrons. The molecule has 0 bridgehead atoms. The standard InChI is InChI=1S/C17H25N5O2/c1-2-5-15-19-16(24-21-15)7-3-8-17(23)22-11-4-6-13(12-22)14-9-10-18-20-14/h9-10,13H,2-8,11-12H2,1H3,(H,18,20). The molecule has 1 amide bonds.